The second kappa shape index (κ2) is 3.40. The quantitative estimate of drug-likeness (QED) is 0.711. The molecule has 1 heterocycles. The van der Waals surface area contributed by atoms with Gasteiger partial charge in [-0.1, -0.05) is 0 Å². The average Bonchev–Trinajstić information content (AvgIpc) is 2.03. The van der Waals surface area contributed by atoms with Crippen LogP contribution >= 0.6 is 0 Å². The predicted molar refractivity (Wildman–Crippen MR) is 49.7 cm³/mol. The van der Waals surface area contributed by atoms with E-state index in [1.54, 1.807) is 6.20 Å². The molecule has 0 aliphatic heterocycles. The predicted octanol–water partition coefficient (Wildman–Crippen LogP) is 0.893. The maximum atomic E-state index is 8.58. The van der Waals surface area contributed by atoms with Crippen LogP contribution in [0.25, 0.3) is 0 Å². The van der Waals surface area contributed by atoms with Crippen LogP contribution in [0.15, 0.2) is 12.3 Å². The fourth-order valence-electron chi connectivity index (χ4n) is 0.830. The molecule has 0 atom stereocenters. The van der Waals surface area contributed by atoms with Crippen LogP contribution in [0.1, 0.15) is 5.82 Å². The number of hydrogen-bond donors (Lipinski definition) is 0. The molecule has 1 aromatic heterocycles. The summed E-state index contributed by atoms with van der Waals surface area (Å²) in [5.41, 5.74) is 0. The van der Waals surface area contributed by atoms with Gasteiger partial charge in [-0.05, 0) is 0 Å². The van der Waals surface area contributed by atoms with E-state index in [0.717, 1.165) is 3.71 Å². The third kappa shape index (κ3) is 2.18. The van der Waals surface area contributed by atoms with Crippen molar-refractivity contribution in [1.82, 2.24) is 9.97 Å². The second-order valence-electron chi connectivity index (χ2n) is 3.63. The van der Waals surface area contributed by atoms with Crippen molar-refractivity contribution >= 4 is 22.1 Å². The molecule has 4 heteroatoms. The van der Waals surface area contributed by atoms with Crippen LogP contribution in [0.5, 0.6) is 0 Å². The molecular formula is C8H11N3Sn. The minimum absolute atomic E-state index is 0.291. The van der Waals surface area contributed by atoms with E-state index < -0.39 is 18.4 Å². The van der Waals surface area contributed by atoms with Gasteiger partial charge in [-0.25, -0.2) is 0 Å². The van der Waals surface area contributed by atoms with Gasteiger partial charge in [-0.15, -0.1) is 0 Å². The van der Waals surface area contributed by atoms with Crippen molar-refractivity contribution in [1.29, 1.82) is 5.26 Å². The zero-order valence-corrected chi connectivity index (χ0v) is 10.4. The molecule has 0 aliphatic rings. The first-order valence-corrected chi connectivity index (χ1v) is 13.8. The fraction of sp³-hybridized carbons (Fsp3) is 0.375. The first-order chi connectivity index (χ1) is 5.54. The van der Waals surface area contributed by atoms with Crippen molar-refractivity contribution in [3.05, 3.63) is 18.1 Å². The number of nitriles is 1. The van der Waals surface area contributed by atoms with Gasteiger partial charge in [0.15, 0.2) is 0 Å². The van der Waals surface area contributed by atoms with Gasteiger partial charge < -0.3 is 0 Å². The molecule has 0 aliphatic carbocycles. The van der Waals surface area contributed by atoms with Crippen LogP contribution < -0.4 is 3.71 Å². The molecule has 0 fully saturated rings. The molecule has 62 valence electrons. The van der Waals surface area contributed by atoms with Gasteiger partial charge in [0, 0.05) is 0 Å². The van der Waals surface area contributed by atoms with Crippen molar-refractivity contribution in [2.24, 2.45) is 0 Å². The first kappa shape index (κ1) is 9.46. The third-order valence-corrected chi connectivity index (χ3v) is 6.71. The molecule has 0 radical (unpaired) electrons. The van der Waals surface area contributed by atoms with Gasteiger partial charge in [0.1, 0.15) is 0 Å². The molecule has 0 saturated heterocycles. The third-order valence-electron chi connectivity index (χ3n) is 1.52. The number of hydrogen-bond acceptors (Lipinski definition) is 3. The SMILES string of the molecule is [CH3][Sn]([CH3])([CH3])[c]1ccnc(C#N)n1. The van der Waals surface area contributed by atoms with Crippen LogP contribution in [-0.4, -0.2) is 28.3 Å². The van der Waals surface area contributed by atoms with Crippen LogP contribution in [0.3, 0.4) is 0 Å². The minimum atomic E-state index is -2.08. The zero-order valence-electron chi connectivity index (χ0n) is 7.50. The summed E-state index contributed by atoms with van der Waals surface area (Å²) in [6.07, 6.45) is 1.67. The van der Waals surface area contributed by atoms with Crippen molar-refractivity contribution in [3.8, 4) is 6.07 Å². The van der Waals surface area contributed by atoms with Crippen LogP contribution in [0, 0.1) is 11.3 Å². The van der Waals surface area contributed by atoms with Gasteiger partial charge in [-0.3, -0.25) is 0 Å². The molecule has 12 heavy (non-hydrogen) atoms. The molecule has 0 bridgehead atoms. The van der Waals surface area contributed by atoms with Crippen molar-refractivity contribution in [2.45, 2.75) is 14.8 Å². The molecule has 3 nitrogen and oxygen atoms in total. The summed E-state index contributed by atoms with van der Waals surface area (Å²) < 4.78 is 1.11. The standard InChI is InChI=1S/C5H2N3.3CH3.Sn/c6-4-5-7-2-1-3-8-5;;;;/h1-2H;3*1H3;. The van der Waals surface area contributed by atoms with Crippen molar-refractivity contribution in [3.63, 3.8) is 0 Å². The fourth-order valence-corrected chi connectivity index (χ4v) is 3.73. The monoisotopic (exact) mass is 269 g/mol. The Bertz CT molecular complexity index is 322. The molecule has 0 saturated carbocycles. The average molecular weight is 268 g/mol. The van der Waals surface area contributed by atoms with E-state index in [9.17, 15) is 0 Å². The molecule has 0 unspecified atom stereocenters. The summed E-state index contributed by atoms with van der Waals surface area (Å²) in [5, 5.41) is 8.58. The van der Waals surface area contributed by atoms with Gasteiger partial charge in [0.05, 0.1) is 0 Å². The molecule has 0 N–H and O–H groups in total. The van der Waals surface area contributed by atoms with Crippen molar-refractivity contribution in [2.75, 3.05) is 0 Å². The van der Waals surface area contributed by atoms with E-state index in [-0.39, 0.29) is 0 Å². The van der Waals surface area contributed by atoms with Crippen LogP contribution in [-0.2, 0) is 0 Å². The Kier molecular flexibility index (Phi) is 2.68. The Morgan fingerprint density at radius 2 is 2.08 bits per heavy atom. The van der Waals surface area contributed by atoms with Gasteiger partial charge in [-0.2, -0.15) is 0 Å². The Morgan fingerprint density at radius 3 is 2.58 bits per heavy atom. The van der Waals surface area contributed by atoms with Crippen LogP contribution in [0.2, 0.25) is 14.8 Å². The Labute approximate surface area is 76.3 Å². The first-order valence-electron chi connectivity index (χ1n) is 3.77. The van der Waals surface area contributed by atoms with E-state index in [0.29, 0.717) is 5.82 Å². The topological polar surface area (TPSA) is 49.6 Å². The van der Waals surface area contributed by atoms with Crippen LogP contribution in [0.4, 0.5) is 0 Å². The van der Waals surface area contributed by atoms with E-state index in [1.165, 1.54) is 0 Å². The summed E-state index contributed by atoms with van der Waals surface area (Å²) in [6, 6.07) is 3.88. The summed E-state index contributed by atoms with van der Waals surface area (Å²) in [5.74, 6) is 0.291. The van der Waals surface area contributed by atoms with Gasteiger partial charge in [0.2, 0.25) is 0 Å². The summed E-state index contributed by atoms with van der Waals surface area (Å²) in [7, 11) is 0. The number of rotatable bonds is 1. The van der Waals surface area contributed by atoms with Gasteiger partial charge >= 0.3 is 76.3 Å². The van der Waals surface area contributed by atoms with E-state index in [2.05, 4.69) is 24.8 Å². The summed E-state index contributed by atoms with van der Waals surface area (Å²) >= 11 is -2.08. The Morgan fingerprint density at radius 1 is 1.42 bits per heavy atom. The summed E-state index contributed by atoms with van der Waals surface area (Å²) in [6.45, 7) is 0. The maximum absolute atomic E-state index is 8.58. The molecule has 0 amide bonds. The second-order valence-corrected chi connectivity index (χ2v) is 17.9. The number of nitrogens with zero attached hydrogens (tertiary/aromatic N) is 3. The summed E-state index contributed by atoms with van der Waals surface area (Å²) in [4.78, 5) is 14.8. The normalized spacial score (nSPS) is 10.8. The van der Waals surface area contributed by atoms with E-state index in [4.69, 9.17) is 5.26 Å². The molecule has 1 aromatic rings. The van der Waals surface area contributed by atoms with Gasteiger partial charge in [0.25, 0.3) is 0 Å². The molecule has 0 spiro atoms. The Balaban J connectivity index is 3.13. The van der Waals surface area contributed by atoms with Crippen molar-refractivity contribution < 1.29 is 0 Å². The molecule has 1 rings (SSSR count). The molecular weight excluding hydrogens is 257 g/mol. The Hall–Kier alpha value is -0.631. The van der Waals surface area contributed by atoms with E-state index in [1.807, 2.05) is 12.1 Å². The number of aromatic nitrogens is 2. The molecule has 0 aromatic carbocycles. The zero-order chi connectivity index (χ0) is 9.19. The van der Waals surface area contributed by atoms with E-state index >= 15 is 0 Å².